The van der Waals surface area contributed by atoms with Crippen LogP contribution in [0.25, 0.3) is 0 Å². The molecule has 1 aliphatic heterocycles. The van der Waals surface area contributed by atoms with Gasteiger partial charge >= 0.3 is 582 Å². The van der Waals surface area contributed by atoms with Crippen LogP contribution < -0.4 is 633 Å². The molecule has 0 aromatic carbocycles. The summed E-state index contributed by atoms with van der Waals surface area (Å²) in [7, 11) is 0. The van der Waals surface area contributed by atoms with Crippen LogP contribution in [0.5, 0.6) is 0 Å². The van der Waals surface area contributed by atoms with Crippen molar-refractivity contribution in [2.24, 2.45) is 0 Å². The van der Waals surface area contributed by atoms with Gasteiger partial charge in [0.2, 0.25) is 0 Å². The van der Waals surface area contributed by atoms with Crippen molar-refractivity contribution in [1.82, 2.24) is 10.3 Å². The summed E-state index contributed by atoms with van der Waals surface area (Å²) in [6, 6.07) is 0.304. The van der Waals surface area contributed by atoms with E-state index in [1.54, 1.807) is 0 Å². The van der Waals surface area contributed by atoms with Crippen molar-refractivity contribution in [3.8, 4) is 0 Å². The van der Waals surface area contributed by atoms with Crippen LogP contribution in [-0.4, -0.2) is 227 Å². The minimum absolute atomic E-state index is 0. The third-order valence-corrected chi connectivity index (χ3v) is 2.93. The quantitative estimate of drug-likeness (QED) is 0.236. The molecule has 18 N–H and O–H groups in total. The van der Waals surface area contributed by atoms with Crippen molar-refractivity contribution >= 4 is 116 Å². The summed E-state index contributed by atoms with van der Waals surface area (Å²) >= 11 is 0. The standard InChI is InChI=1S/C7H7NO5.C7H5NO5.15H2O.12Rb/c2*9-3-1-4(6(10)11)8-5(2-3)7(12)13;;;;;;;;;;;;;;;;;;;;;;;;;;;/h1-2,4,6-9H;1-2,6-7H,(H,8,9);15*1H2;;;;;;;;;;;;/q2*-4;;;;;;;;;;;;;;;;;;10*+1/p-15. The maximum Gasteiger partial charge on any atom is 1.00 e. The maximum atomic E-state index is 10.7. The van der Waals surface area contributed by atoms with E-state index in [-0.39, 0.29) is 786 Å². The van der Waals surface area contributed by atoms with Crippen LogP contribution in [0.4, 0.5) is 0 Å². The van der Waals surface area contributed by atoms with Gasteiger partial charge in [-0.05, 0) is 29.2 Å². The predicted octanol–water partition coefficient (Wildman–Crippen LogP) is -42.2. The van der Waals surface area contributed by atoms with E-state index in [9.17, 15) is 45.6 Å². The van der Waals surface area contributed by atoms with Gasteiger partial charge < -0.3 is 138 Å². The largest absolute Gasteiger partial charge is 1.00 e. The minimum atomic E-state index is -2.40. The molecule has 39 heteroatoms. The van der Waals surface area contributed by atoms with Crippen molar-refractivity contribution in [1.29, 1.82) is 0 Å². The second-order valence-corrected chi connectivity index (χ2v) is 4.95. The monoisotopic (exact) mass is 1640 g/mol. The Kier molecular flexibility index (Phi) is 389. The molecule has 1 aromatic heterocycles. The third kappa shape index (κ3) is 96.9. The number of dihydropyridines is 1. The number of pyridine rings is 1. The average Bonchev–Trinajstić information content (AvgIpc) is 2.54. The molecule has 0 bridgehead atoms. The number of aromatic nitrogens is 1. The van der Waals surface area contributed by atoms with Crippen LogP contribution in [0.2, 0.25) is 0 Å². The Balaban J connectivity index is -0.00000000676. The SMILES string of the molecule is O=c1cc(C([O-])[O-])[nH]c(C([O-])[O-])c1.[O-]C([O-])C1=CC(O)=CC(C([O-])[O-])N1.[OH-].[OH-].[OH-].[OH-].[OH-].[OH-].[OH-].[OH-].[OH-].[OH-].[OH-].[OH-].[OH-].[OH-].[OH-].[Rb+].[Rb+].[Rb+].[Rb+].[Rb+].[Rb+].[Rb+].[Rb+].[Rb+].[Rb+].[Rb].[Rb]. The van der Waals surface area contributed by atoms with Crippen molar-refractivity contribution in [2.45, 2.75) is 31.2 Å². The Bertz CT molecular complexity index is 734. The Morgan fingerprint density at radius 3 is 0.925 bits per heavy atom. The molecule has 1 aromatic rings. The van der Waals surface area contributed by atoms with Gasteiger partial charge in [0, 0.05) is 135 Å². The number of rotatable bonds is 4. The van der Waals surface area contributed by atoms with Crippen molar-refractivity contribution in [2.75, 3.05) is 0 Å². The summed E-state index contributed by atoms with van der Waals surface area (Å²) in [5.41, 5.74) is -2.06. The molecule has 0 saturated carbocycles. The van der Waals surface area contributed by atoms with E-state index in [1.807, 2.05) is 4.98 Å². The summed E-state index contributed by atoms with van der Waals surface area (Å²) in [5, 5.41) is 93.9. The number of allylic oxidation sites excluding steroid dienone is 1. The smallest absolute Gasteiger partial charge is 0.870 e. The summed E-state index contributed by atoms with van der Waals surface area (Å²) in [6.45, 7) is 0. The number of hydrogen-bond donors (Lipinski definition) is 3. The van der Waals surface area contributed by atoms with Crippen LogP contribution in [0, 0.1) is 0 Å². The van der Waals surface area contributed by atoms with E-state index in [0.717, 1.165) is 24.3 Å². The summed E-state index contributed by atoms with van der Waals surface area (Å²) < 4.78 is 0. The normalized spacial score (nSPS) is 8.34. The Morgan fingerprint density at radius 1 is 0.491 bits per heavy atom. The second kappa shape index (κ2) is 115. The zero-order valence-corrected chi connectivity index (χ0v) is 90.5. The zero-order chi connectivity index (χ0) is 20.0. The van der Waals surface area contributed by atoms with E-state index in [4.69, 9.17) is 5.11 Å². The van der Waals surface area contributed by atoms with E-state index < -0.39 is 53.8 Å². The van der Waals surface area contributed by atoms with Gasteiger partial charge in [0.1, 0.15) is 5.76 Å². The Hall–Kier alpha value is 18.8. The van der Waals surface area contributed by atoms with Crippen LogP contribution >= 0.6 is 0 Å². The molecule has 1 unspecified atom stereocenters. The number of aliphatic hydroxyl groups is 1. The van der Waals surface area contributed by atoms with Crippen molar-refractivity contribution in [3.63, 3.8) is 0 Å². The predicted molar refractivity (Wildman–Crippen MR) is 106 cm³/mol. The van der Waals surface area contributed by atoms with Gasteiger partial charge in [-0.25, -0.2) is 0 Å². The summed E-state index contributed by atoms with van der Waals surface area (Å²) in [4.78, 5) is 12.8. The number of nitrogens with one attached hydrogen (secondary N) is 2. The fourth-order valence-electron chi connectivity index (χ4n) is 1.79. The van der Waals surface area contributed by atoms with Crippen LogP contribution in [0.1, 0.15) is 24.0 Å². The first-order chi connectivity index (χ1) is 12.0. The Labute approximate surface area is 891 Å². The van der Waals surface area contributed by atoms with Gasteiger partial charge in [0.05, 0.1) is 0 Å². The number of aromatic amines is 1. The summed E-state index contributed by atoms with van der Waals surface area (Å²) in [6.07, 6.45) is -7.53. The average molecular weight is 1650 g/mol. The molecule has 0 amide bonds. The van der Waals surface area contributed by atoms with Gasteiger partial charge in [-0.1, -0.05) is 0 Å². The van der Waals surface area contributed by atoms with E-state index in [1.165, 1.54) is 0 Å². The molecule has 1 aliphatic rings. The Morgan fingerprint density at radius 2 is 0.736 bits per heavy atom. The van der Waals surface area contributed by atoms with Crippen LogP contribution in [-0.2, 0) is 0 Å². The molecule has 1 atom stereocenters. The third-order valence-electron chi connectivity index (χ3n) is 2.93. The van der Waals surface area contributed by atoms with Gasteiger partial charge in [-0.3, -0.25) is 4.79 Å². The van der Waals surface area contributed by atoms with Crippen molar-refractivity contribution < 1.29 is 710 Å². The topological polar surface area (TPSA) is 700 Å². The minimum Gasteiger partial charge on any atom is -0.870 e. The molecular formula is C14H27N2O25Rb12-13. The molecule has 0 saturated heterocycles. The molecular weight excluding hydrogens is 1620 g/mol. The van der Waals surface area contributed by atoms with Gasteiger partial charge in [-0.15, -0.1) is 0 Å². The van der Waals surface area contributed by atoms with E-state index >= 15 is 0 Å². The fourth-order valence-corrected chi connectivity index (χ4v) is 1.79. The maximum absolute atomic E-state index is 10.7. The molecule has 0 aliphatic carbocycles. The molecule has 0 spiro atoms. The van der Waals surface area contributed by atoms with E-state index in [0.29, 0.717) is 0 Å². The first-order valence-electron chi connectivity index (χ1n) is 6.91. The van der Waals surface area contributed by atoms with Gasteiger partial charge in [0.25, 0.3) is 0 Å². The number of aliphatic hydroxyl groups excluding tert-OH is 1. The van der Waals surface area contributed by atoms with Gasteiger partial charge in [0.15, 0.2) is 5.43 Å². The van der Waals surface area contributed by atoms with Crippen molar-refractivity contribution in [3.05, 3.63) is 57.4 Å². The first-order valence-corrected chi connectivity index (χ1v) is 6.91. The molecule has 268 valence electrons. The van der Waals surface area contributed by atoms with Gasteiger partial charge in [-0.2, -0.15) is 25.2 Å². The molecule has 2 heterocycles. The molecule has 2 rings (SSSR count). The molecule has 53 heavy (non-hydrogen) atoms. The van der Waals surface area contributed by atoms with E-state index in [2.05, 4.69) is 5.32 Å². The van der Waals surface area contributed by atoms with Crippen LogP contribution in [0.15, 0.2) is 40.5 Å². The molecule has 0 fully saturated rings. The molecule has 2 radical (unpaired) electrons. The summed E-state index contributed by atoms with van der Waals surface area (Å²) in [5.74, 6) is -0.410. The first kappa shape index (κ1) is 179. The van der Waals surface area contributed by atoms with Crippen LogP contribution in [0.3, 0.4) is 0 Å². The zero-order valence-electron chi connectivity index (χ0n) is 31.5. The second-order valence-electron chi connectivity index (χ2n) is 4.95. The fraction of sp³-hybridized carbons (Fsp3) is 0.357. The molecule has 27 nitrogen and oxygen atoms in total. The number of H-pyrrole nitrogens is 1. The number of hydrogen-bond acceptors (Lipinski definition) is 26.